The van der Waals surface area contributed by atoms with Crippen molar-refractivity contribution in [1.29, 1.82) is 0 Å². The number of rotatable bonds is 7. The van der Waals surface area contributed by atoms with Crippen LogP contribution in [0.5, 0.6) is 5.75 Å². The van der Waals surface area contributed by atoms with Gasteiger partial charge in [-0.3, -0.25) is 4.79 Å². The fourth-order valence-electron chi connectivity index (χ4n) is 7.56. The number of hydrogen-bond donors (Lipinski definition) is 1. The molecule has 7 nitrogen and oxygen atoms in total. The molecule has 1 unspecified atom stereocenters. The number of piperidine rings is 1. The Hall–Kier alpha value is -4.57. The Morgan fingerprint density at radius 1 is 1.00 bits per heavy atom. The van der Waals surface area contributed by atoms with Crippen molar-refractivity contribution in [1.82, 2.24) is 19.0 Å². The lowest BCUT2D eigenvalue weighted by Crippen LogP contribution is -2.41. The zero-order valence-electron chi connectivity index (χ0n) is 26.3. The molecular formula is C37H36F3N5O2. The number of imidazole rings is 1. The molecule has 2 bridgehead atoms. The second kappa shape index (κ2) is 11.0. The molecule has 8 rings (SSSR count). The van der Waals surface area contributed by atoms with Gasteiger partial charge in [-0.1, -0.05) is 36.4 Å². The number of alkyl halides is 3. The summed E-state index contributed by atoms with van der Waals surface area (Å²) in [4.78, 5) is 20.7. The van der Waals surface area contributed by atoms with Crippen LogP contribution in [0.2, 0.25) is 0 Å². The summed E-state index contributed by atoms with van der Waals surface area (Å²) in [5, 5.41) is 1.07. The maximum atomic E-state index is 13.7. The molecule has 2 N–H and O–H groups in total. The van der Waals surface area contributed by atoms with Gasteiger partial charge in [-0.15, -0.1) is 0 Å². The van der Waals surface area contributed by atoms with Gasteiger partial charge < -0.3 is 24.5 Å². The highest BCUT2D eigenvalue weighted by Crippen LogP contribution is 2.40. The van der Waals surface area contributed by atoms with Crippen molar-refractivity contribution in [3.8, 4) is 17.3 Å². The van der Waals surface area contributed by atoms with Crippen LogP contribution in [0.1, 0.15) is 52.7 Å². The highest BCUT2D eigenvalue weighted by molar-refractivity contribution is 6.00. The van der Waals surface area contributed by atoms with Crippen LogP contribution < -0.4 is 10.5 Å². The second-order valence-corrected chi connectivity index (χ2v) is 13.3. The molecule has 3 aliphatic rings. The third-order valence-electron chi connectivity index (χ3n) is 10.3. The summed E-state index contributed by atoms with van der Waals surface area (Å²) in [6.07, 6.45) is 3.77. The number of hydrogen-bond acceptors (Lipinski definition) is 4. The van der Waals surface area contributed by atoms with Crippen LogP contribution in [-0.2, 0) is 19.8 Å². The average Bonchev–Trinajstić information content (AvgIpc) is 3.47. The van der Waals surface area contributed by atoms with Crippen molar-refractivity contribution in [3.05, 3.63) is 82.9 Å². The fourth-order valence-corrected chi connectivity index (χ4v) is 7.56. The highest BCUT2D eigenvalue weighted by atomic mass is 19.4. The summed E-state index contributed by atoms with van der Waals surface area (Å²) >= 11 is 0. The summed E-state index contributed by atoms with van der Waals surface area (Å²) in [6, 6.07) is 17.4. The number of likely N-dealkylation sites (tertiary alicyclic amines) is 1. The summed E-state index contributed by atoms with van der Waals surface area (Å²) in [5.41, 5.74) is 11.5. The number of halogens is 3. The summed E-state index contributed by atoms with van der Waals surface area (Å²) in [7, 11) is 3.59. The van der Waals surface area contributed by atoms with Crippen LogP contribution in [0.4, 0.5) is 13.2 Å². The number of methoxy groups -OCH3 is 1. The molecular weight excluding hydrogens is 603 g/mol. The fraction of sp³-hybridized carbons (Fsp3) is 0.351. The van der Waals surface area contributed by atoms with Gasteiger partial charge in [-0.05, 0) is 85.0 Å². The van der Waals surface area contributed by atoms with Gasteiger partial charge in [0.05, 0.1) is 23.9 Å². The third kappa shape index (κ3) is 5.19. The van der Waals surface area contributed by atoms with Gasteiger partial charge in [0.25, 0.3) is 5.91 Å². The van der Waals surface area contributed by atoms with E-state index in [1.54, 1.807) is 7.11 Å². The smallest absolute Gasteiger partial charge is 0.416 e. The van der Waals surface area contributed by atoms with E-state index >= 15 is 0 Å². The van der Waals surface area contributed by atoms with Crippen molar-refractivity contribution in [2.75, 3.05) is 13.7 Å². The van der Waals surface area contributed by atoms with Crippen molar-refractivity contribution in [2.45, 2.75) is 50.5 Å². The Morgan fingerprint density at radius 3 is 2.40 bits per heavy atom. The van der Waals surface area contributed by atoms with E-state index in [2.05, 4.69) is 22.8 Å². The van der Waals surface area contributed by atoms with Gasteiger partial charge >= 0.3 is 6.18 Å². The van der Waals surface area contributed by atoms with Crippen LogP contribution in [0.3, 0.4) is 0 Å². The first-order chi connectivity index (χ1) is 22.6. The molecule has 1 aliphatic heterocycles. The minimum Gasteiger partial charge on any atom is -0.494 e. The van der Waals surface area contributed by atoms with Gasteiger partial charge in [0, 0.05) is 48.7 Å². The lowest BCUT2D eigenvalue weighted by Gasteiger charge is -2.27. The van der Waals surface area contributed by atoms with Gasteiger partial charge in [-0.25, -0.2) is 4.98 Å². The third-order valence-corrected chi connectivity index (χ3v) is 10.3. The Bertz CT molecular complexity index is 2050. The van der Waals surface area contributed by atoms with Crippen LogP contribution in [-0.4, -0.2) is 50.7 Å². The topological polar surface area (TPSA) is 78.3 Å². The summed E-state index contributed by atoms with van der Waals surface area (Å²) < 4.78 is 49.2. The summed E-state index contributed by atoms with van der Waals surface area (Å²) in [6.45, 7) is 1.55. The zero-order chi connectivity index (χ0) is 32.6. The van der Waals surface area contributed by atoms with Gasteiger partial charge in [-0.2, -0.15) is 13.2 Å². The van der Waals surface area contributed by atoms with Crippen molar-refractivity contribution >= 4 is 40.0 Å². The molecule has 2 saturated carbocycles. The first-order valence-electron chi connectivity index (χ1n) is 16.2. The van der Waals surface area contributed by atoms with Crippen LogP contribution in [0.15, 0.2) is 60.7 Å². The number of nitrogens with zero attached hydrogens (tertiary/aromatic N) is 4. The van der Waals surface area contributed by atoms with Crippen LogP contribution in [0.25, 0.3) is 45.6 Å². The van der Waals surface area contributed by atoms with E-state index in [-0.39, 0.29) is 18.0 Å². The number of aryl methyl sites for hydroxylation is 1. The standard InChI is InChI=1S/C37H36F3N5O2/c1-43-34-28(16-26(18-32(34)47-2)36(46)45-20-25-11-14-29(45)33(25)41)42-35(43)31-17-24-10-7-22(15-30(24)44(31)19-23-5-6-23)4-3-21-8-12-27(13-9-21)37(38,39)40/h3-4,7-10,12-13,15-18,23,25,29,33H,5-6,11,14,19-20,41H2,1-2H3/b4-3+/t25-,29?,33+/m1/s1. The van der Waals surface area contributed by atoms with Crippen molar-refractivity contribution in [2.24, 2.45) is 24.6 Å². The van der Waals surface area contributed by atoms with E-state index in [9.17, 15) is 18.0 Å². The van der Waals surface area contributed by atoms with Gasteiger partial charge in [0.1, 0.15) is 11.3 Å². The number of fused-ring (bicyclic) bond motifs is 4. The summed E-state index contributed by atoms with van der Waals surface area (Å²) in [5.74, 6) is 2.31. The first kappa shape index (κ1) is 29.8. The van der Waals surface area contributed by atoms with Gasteiger partial charge in [0.2, 0.25) is 0 Å². The molecule has 0 spiro atoms. The second-order valence-electron chi connectivity index (χ2n) is 13.3. The molecule has 3 heterocycles. The zero-order valence-corrected chi connectivity index (χ0v) is 26.3. The van der Waals surface area contributed by atoms with E-state index in [4.69, 9.17) is 15.5 Å². The first-order valence-corrected chi connectivity index (χ1v) is 16.2. The molecule has 1 amide bonds. The predicted molar refractivity (Wildman–Crippen MR) is 177 cm³/mol. The highest BCUT2D eigenvalue weighted by Gasteiger charge is 2.47. The number of benzene rings is 3. The number of amides is 1. The number of carbonyl (C=O) groups excluding carboxylic acids is 1. The molecule has 47 heavy (non-hydrogen) atoms. The van der Waals surface area contributed by atoms with E-state index in [0.717, 1.165) is 65.0 Å². The molecule has 3 aromatic carbocycles. The molecule has 242 valence electrons. The van der Waals surface area contributed by atoms with Gasteiger partial charge in [0.15, 0.2) is 5.82 Å². The molecule has 1 saturated heterocycles. The van der Waals surface area contributed by atoms with Crippen molar-refractivity contribution < 1.29 is 22.7 Å². The monoisotopic (exact) mass is 639 g/mol. The molecule has 2 aliphatic carbocycles. The maximum Gasteiger partial charge on any atom is 0.416 e. The average molecular weight is 640 g/mol. The van der Waals surface area contributed by atoms with E-state index < -0.39 is 11.7 Å². The predicted octanol–water partition coefficient (Wildman–Crippen LogP) is 7.36. The Labute approximate surface area is 270 Å². The van der Waals surface area contributed by atoms with E-state index in [1.165, 1.54) is 25.0 Å². The Balaban J connectivity index is 1.16. The van der Waals surface area contributed by atoms with E-state index in [1.807, 2.05) is 46.9 Å². The van der Waals surface area contributed by atoms with Crippen LogP contribution in [0, 0.1) is 11.8 Å². The molecule has 10 heteroatoms. The number of nitrogens with two attached hydrogens (primary N) is 1. The Kier molecular flexibility index (Phi) is 6.98. The van der Waals surface area contributed by atoms with Crippen LogP contribution >= 0.6 is 0 Å². The minimum atomic E-state index is -4.36. The SMILES string of the molecule is COc1cc(C(=O)N2C[C@H]3CCC2[C@H]3N)cc2nc(-c3cc4ccc(/C=C/c5ccc(C(F)(F)F)cc5)cc4n3CC3CC3)n(C)c12. The molecule has 2 aromatic heterocycles. The molecule has 3 atom stereocenters. The quantitative estimate of drug-likeness (QED) is 0.189. The molecule has 3 fully saturated rings. The number of ether oxygens (including phenoxy) is 1. The maximum absolute atomic E-state index is 13.7. The van der Waals surface area contributed by atoms with Crippen molar-refractivity contribution in [3.63, 3.8) is 0 Å². The normalized spacial score (nSPS) is 21.1. The number of carbonyl (C=O) groups is 1. The molecule has 0 radical (unpaired) electrons. The Morgan fingerprint density at radius 2 is 1.74 bits per heavy atom. The minimum absolute atomic E-state index is 0.0280. The lowest BCUT2D eigenvalue weighted by molar-refractivity contribution is -0.137. The largest absolute Gasteiger partial charge is 0.494 e. The molecule has 5 aromatic rings. The number of aromatic nitrogens is 3. The van der Waals surface area contributed by atoms with E-state index in [0.29, 0.717) is 40.8 Å². The lowest BCUT2D eigenvalue weighted by atomic mass is 10.1.